The number of hydrogen-bond acceptors (Lipinski definition) is 2. The van der Waals surface area contributed by atoms with Gasteiger partial charge in [-0.1, -0.05) is 0 Å². The van der Waals surface area contributed by atoms with Crippen LogP contribution in [0.3, 0.4) is 0 Å². The molecule has 1 aromatic rings. The molecule has 0 spiro atoms. The normalized spacial score (nSPS) is 10.9. The number of nitrogens with two attached hydrogens (primary N) is 1. The van der Waals surface area contributed by atoms with E-state index in [9.17, 15) is 4.39 Å². The molecule has 0 saturated heterocycles. The van der Waals surface area contributed by atoms with Crippen molar-refractivity contribution in [1.29, 1.82) is 0 Å². The lowest BCUT2D eigenvalue weighted by Gasteiger charge is -2.01. The minimum atomic E-state index is -0.329. The van der Waals surface area contributed by atoms with Gasteiger partial charge in [-0.3, -0.25) is 4.98 Å². The molecule has 12 heavy (non-hydrogen) atoms. The maximum Gasteiger partial charge on any atom is 0.141 e. The Morgan fingerprint density at radius 2 is 2.00 bits per heavy atom. The van der Waals surface area contributed by atoms with E-state index in [2.05, 4.69) is 4.98 Å². The molecule has 1 atom stereocenters. The Labute approximate surface area is 83.2 Å². The van der Waals surface area contributed by atoms with Crippen LogP contribution in [0.5, 0.6) is 0 Å². The number of halogens is 3. The van der Waals surface area contributed by atoms with Gasteiger partial charge in [-0.15, -0.1) is 24.8 Å². The van der Waals surface area contributed by atoms with Crippen LogP contribution >= 0.6 is 24.8 Å². The number of hydrogen-bond donors (Lipinski definition) is 1. The maximum atomic E-state index is 12.2. The zero-order valence-electron chi connectivity index (χ0n) is 6.53. The average Bonchev–Trinajstić information content (AvgIpc) is 1.88. The van der Waals surface area contributed by atoms with E-state index in [4.69, 9.17) is 5.73 Å². The highest BCUT2D eigenvalue weighted by Crippen LogP contribution is 2.04. The molecule has 0 amide bonds. The Kier molecular flexibility index (Phi) is 7.28. The summed E-state index contributed by atoms with van der Waals surface area (Å²) in [6.07, 6.45) is 1.17. The summed E-state index contributed by atoms with van der Waals surface area (Å²) in [5, 5.41) is 0. The van der Waals surface area contributed by atoms with Crippen LogP contribution in [0.2, 0.25) is 0 Å². The van der Waals surface area contributed by atoms with Gasteiger partial charge < -0.3 is 5.73 Å². The topological polar surface area (TPSA) is 38.9 Å². The Morgan fingerprint density at radius 3 is 2.33 bits per heavy atom. The lowest BCUT2D eigenvalue weighted by molar-refractivity contribution is 0.616. The quantitative estimate of drug-likeness (QED) is 0.775. The molecule has 0 aliphatic rings. The van der Waals surface area contributed by atoms with E-state index < -0.39 is 0 Å². The Balaban J connectivity index is 0. The van der Waals surface area contributed by atoms with Gasteiger partial charge in [-0.05, 0) is 19.1 Å². The van der Waals surface area contributed by atoms with Crippen molar-refractivity contribution in [3.05, 3.63) is 29.8 Å². The van der Waals surface area contributed by atoms with Crippen LogP contribution in [0, 0.1) is 5.82 Å². The predicted octanol–water partition coefficient (Wildman–Crippen LogP) is 2.08. The highest BCUT2D eigenvalue weighted by atomic mass is 35.5. The molecule has 0 aliphatic heterocycles. The van der Waals surface area contributed by atoms with Crippen molar-refractivity contribution >= 4 is 24.8 Å². The molecule has 2 N–H and O–H groups in total. The second-order valence-electron chi connectivity index (χ2n) is 2.19. The van der Waals surface area contributed by atoms with Crippen LogP contribution < -0.4 is 5.73 Å². The van der Waals surface area contributed by atoms with Gasteiger partial charge in [0.2, 0.25) is 0 Å². The fourth-order valence-corrected chi connectivity index (χ4v) is 0.657. The first-order chi connectivity index (χ1) is 4.70. The van der Waals surface area contributed by atoms with Gasteiger partial charge in [0.1, 0.15) is 5.82 Å². The molecule has 5 heteroatoms. The van der Waals surface area contributed by atoms with Gasteiger partial charge in [-0.2, -0.15) is 0 Å². The number of rotatable bonds is 1. The summed E-state index contributed by atoms with van der Waals surface area (Å²) >= 11 is 0. The third kappa shape index (κ3) is 3.85. The van der Waals surface area contributed by atoms with E-state index in [1.807, 2.05) is 0 Å². The van der Waals surface area contributed by atoms with Gasteiger partial charge >= 0.3 is 0 Å². The van der Waals surface area contributed by atoms with Crippen LogP contribution in [-0.2, 0) is 0 Å². The van der Waals surface area contributed by atoms with Gasteiger partial charge in [0.15, 0.2) is 0 Å². The second kappa shape index (κ2) is 6.17. The molecule has 0 fully saturated rings. The summed E-state index contributed by atoms with van der Waals surface area (Å²) in [6, 6.07) is 2.81. The van der Waals surface area contributed by atoms with Crippen molar-refractivity contribution in [1.82, 2.24) is 4.98 Å². The molecule has 0 bridgehead atoms. The first-order valence-corrected chi connectivity index (χ1v) is 3.07. The van der Waals surface area contributed by atoms with Crippen molar-refractivity contribution in [2.45, 2.75) is 13.0 Å². The molecule has 70 valence electrons. The highest BCUT2D eigenvalue weighted by molar-refractivity contribution is 5.85. The van der Waals surface area contributed by atoms with Crippen LogP contribution in [0.25, 0.3) is 0 Å². The smallest absolute Gasteiger partial charge is 0.141 e. The molecule has 0 aromatic carbocycles. The fourth-order valence-electron chi connectivity index (χ4n) is 0.657. The molecule has 0 aliphatic carbocycles. The maximum absolute atomic E-state index is 12.2. The molecule has 0 radical (unpaired) electrons. The van der Waals surface area contributed by atoms with Crippen LogP contribution in [-0.4, -0.2) is 4.98 Å². The lowest BCUT2D eigenvalue weighted by atomic mass is 10.2. The van der Waals surface area contributed by atoms with E-state index >= 15 is 0 Å². The molecular weight excluding hydrogens is 202 g/mol. The summed E-state index contributed by atoms with van der Waals surface area (Å²) in [7, 11) is 0. The van der Waals surface area contributed by atoms with E-state index in [1.165, 1.54) is 12.3 Å². The summed E-state index contributed by atoms with van der Waals surface area (Å²) in [5.74, 6) is -0.329. The zero-order valence-corrected chi connectivity index (χ0v) is 8.16. The number of pyridine rings is 1. The zero-order chi connectivity index (χ0) is 7.56. The third-order valence-electron chi connectivity index (χ3n) is 1.22. The fraction of sp³-hybridized carbons (Fsp3) is 0.286. The van der Waals surface area contributed by atoms with Crippen molar-refractivity contribution < 1.29 is 4.39 Å². The molecule has 2 nitrogen and oxygen atoms in total. The van der Waals surface area contributed by atoms with Gasteiger partial charge in [0.05, 0.1) is 11.9 Å². The van der Waals surface area contributed by atoms with E-state index in [-0.39, 0.29) is 36.7 Å². The Morgan fingerprint density at radius 1 is 1.42 bits per heavy atom. The van der Waals surface area contributed by atoms with Crippen molar-refractivity contribution in [2.24, 2.45) is 5.73 Å². The number of nitrogens with zero attached hydrogens (tertiary/aromatic N) is 1. The van der Waals surface area contributed by atoms with E-state index in [0.29, 0.717) is 5.69 Å². The standard InChI is InChI=1S/C7H9FN2.2ClH/c1-5(9)7-3-2-6(8)4-10-7;;/h2-5H,9H2,1H3;2*1H. The first kappa shape index (κ1) is 14.2. The summed E-state index contributed by atoms with van der Waals surface area (Å²) in [5.41, 5.74) is 6.19. The number of aromatic nitrogens is 1. The van der Waals surface area contributed by atoms with Crippen molar-refractivity contribution in [2.75, 3.05) is 0 Å². The second-order valence-corrected chi connectivity index (χ2v) is 2.19. The van der Waals surface area contributed by atoms with Crippen LogP contribution in [0.1, 0.15) is 18.7 Å². The van der Waals surface area contributed by atoms with Crippen LogP contribution in [0.15, 0.2) is 18.3 Å². The molecular formula is C7H11Cl2FN2. The van der Waals surface area contributed by atoms with Crippen molar-refractivity contribution in [3.8, 4) is 0 Å². The van der Waals surface area contributed by atoms with Gasteiger partial charge in [0.25, 0.3) is 0 Å². The SMILES string of the molecule is CC(N)c1ccc(F)cn1.Cl.Cl. The Bertz CT molecular complexity index is 213. The summed E-state index contributed by atoms with van der Waals surface area (Å²) < 4.78 is 12.2. The van der Waals surface area contributed by atoms with E-state index in [0.717, 1.165) is 0 Å². The van der Waals surface area contributed by atoms with Crippen molar-refractivity contribution in [3.63, 3.8) is 0 Å². The predicted molar refractivity (Wildman–Crippen MR) is 51.3 cm³/mol. The highest BCUT2D eigenvalue weighted by Gasteiger charge is 1.98. The van der Waals surface area contributed by atoms with E-state index in [1.54, 1.807) is 13.0 Å². The molecule has 0 saturated carbocycles. The largest absolute Gasteiger partial charge is 0.323 e. The minimum absolute atomic E-state index is 0. The van der Waals surface area contributed by atoms with Gasteiger partial charge in [0, 0.05) is 6.04 Å². The summed E-state index contributed by atoms with van der Waals surface area (Å²) in [6.45, 7) is 1.81. The minimum Gasteiger partial charge on any atom is -0.323 e. The molecule has 1 unspecified atom stereocenters. The molecule has 1 aromatic heterocycles. The van der Waals surface area contributed by atoms with Crippen LogP contribution in [0.4, 0.5) is 4.39 Å². The first-order valence-electron chi connectivity index (χ1n) is 3.07. The third-order valence-corrected chi connectivity index (χ3v) is 1.22. The van der Waals surface area contributed by atoms with Gasteiger partial charge in [-0.25, -0.2) is 4.39 Å². The molecule has 1 rings (SSSR count). The molecule has 1 heterocycles. The summed E-state index contributed by atoms with van der Waals surface area (Å²) in [4.78, 5) is 3.78. The monoisotopic (exact) mass is 212 g/mol. The average molecular weight is 213 g/mol. The Hall–Kier alpha value is -0.380. The lowest BCUT2D eigenvalue weighted by Crippen LogP contribution is -2.06.